The first kappa shape index (κ1) is 20.5. The predicted octanol–water partition coefficient (Wildman–Crippen LogP) is 3.25. The van der Waals surface area contributed by atoms with Crippen LogP contribution >= 0.6 is 12.4 Å². The molecular formula is C20H29ClN4O. The summed E-state index contributed by atoms with van der Waals surface area (Å²) in [6.45, 7) is 8.93. The number of carbonyl (C=O) groups excluding carboxylic acids is 1. The van der Waals surface area contributed by atoms with Gasteiger partial charge in [0.25, 0.3) is 5.91 Å². The number of piperidine rings is 1. The lowest BCUT2D eigenvalue weighted by Gasteiger charge is -2.25. The maximum atomic E-state index is 12.5. The van der Waals surface area contributed by atoms with Crippen molar-refractivity contribution < 1.29 is 4.79 Å². The van der Waals surface area contributed by atoms with Gasteiger partial charge in [0, 0.05) is 24.7 Å². The fourth-order valence-corrected chi connectivity index (χ4v) is 3.22. The summed E-state index contributed by atoms with van der Waals surface area (Å²) in [6.07, 6.45) is 4.17. The van der Waals surface area contributed by atoms with E-state index < -0.39 is 0 Å². The number of benzene rings is 1. The number of nitrogens with zero attached hydrogens (tertiary/aromatic N) is 2. The van der Waals surface area contributed by atoms with Crippen LogP contribution in [0.1, 0.15) is 54.3 Å². The van der Waals surface area contributed by atoms with Crippen molar-refractivity contribution in [3.05, 3.63) is 53.3 Å². The minimum Gasteiger partial charge on any atom is -0.350 e. The smallest absolute Gasteiger partial charge is 0.271 e. The number of rotatable bonds is 5. The largest absolute Gasteiger partial charge is 0.350 e. The maximum Gasteiger partial charge on any atom is 0.271 e. The van der Waals surface area contributed by atoms with Crippen LogP contribution in [0.25, 0.3) is 0 Å². The Hall–Kier alpha value is -1.85. The zero-order valence-corrected chi connectivity index (χ0v) is 16.6. The number of amides is 1. The molecule has 1 saturated heterocycles. The number of aryl methyl sites for hydroxylation is 1. The van der Waals surface area contributed by atoms with E-state index in [4.69, 9.17) is 0 Å². The molecule has 1 unspecified atom stereocenters. The van der Waals surface area contributed by atoms with Gasteiger partial charge in [0.1, 0.15) is 5.69 Å². The first-order valence-corrected chi connectivity index (χ1v) is 9.07. The fraction of sp³-hybridized carbons (Fsp3) is 0.500. The van der Waals surface area contributed by atoms with Gasteiger partial charge in [-0.25, -0.2) is 0 Å². The van der Waals surface area contributed by atoms with Crippen LogP contribution in [0.5, 0.6) is 0 Å². The molecule has 1 aromatic heterocycles. The molecule has 0 saturated carbocycles. The third-order valence-corrected chi connectivity index (χ3v) is 5.01. The second-order valence-electron chi connectivity index (χ2n) is 7.61. The number of hydrogen-bond donors (Lipinski definition) is 2. The Morgan fingerprint density at radius 3 is 2.69 bits per heavy atom. The highest BCUT2D eigenvalue weighted by molar-refractivity contribution is 5.92. The van der Waals surface area contributed by atoms with Crippen molar-refractivity contribution in [1.82, 2.24) is 20.4 Å². The second-order valence-corrected chi connectivity index (χ2v) is 7.61. The lowest BCUT2D eigenvalue weighted by molar-refractivity contribution is 0.0939. The van der Waals surface area contributed by atoms with Gasteiger partial charge >= 0.3 is 0 Å². The van der Waals surface area contributed by atoms with Crippen LogP contribution in [0.15, 0.2) is 36.5 Å². The minimum absolute atomic E-state index is 0. The van der Waals surface area contributed by atoms with Crippen LogP contribution < -0.4 is 10.6 Å². The molecule has 142 valence electrons. The van der Waals surface area contributed by atoms with Crippen LogP contribution in [0.4, 0.5) is 0 Å². The van der Waals surface area contributed by atoms with Gasteiger partial charge in [0.05, 0.1) is 6.04 Å². The van der Waals surface area contributed by atoms with E-state index in [9.17, 15) is 4.79 Å². The second kappa shape index (κ2) is 8.69. The summed E-state index contributed by atoms with van der Waals surface area (Å²) in [7, 11) is 0. The van der Waals surface area contributed by atoms with Crippen molar-refractivity contribution in [2.75, 3.05) is 19.6 Å². The molecule has 2 heterocycles. The average molecular weight is 377 g/mol. The Morgan fingerprint density at radius 2 is 2.04 bits per heavy atom. The standard InChI is InChI=1S/C20H28N4O.ClH/c1-15-6-8-16(9-7-15)20(2,3)14-22-19(25)18-10-12-24(23-18)17-5-4-11-21-13-17;/h6-10,12,17,21H,4-5,11,13-14H2,1-3H3,(H,22,25);1H. The molecule has 0 radical (unpaired) electrons. The Morgan fingerprint density at radius 1 is 1.31 bits per heavy atom. The Labute approximate surface area is 162 Å². The van der Waals surface area contributed by atoms with E-state index in [1.807, 2.05) is 16.9 Å². The van der Waals surface area contributed by atoms with Crippen LogP contribution in [0.3, 0.4) is 0 Å². The topological polar surface area (TPSA) is 59.0 Å². The number of nitrogens with one attached hydrogen (secondary N) is 2. The predicted molar refractivity (Wildman–Crippen MR) is 107 cm³/mol. The van der Waals surface area contributed by atoms with Gasteiger partial charge in [0.15, 0.2) is 0 Å². The summed E-state index contributed by atoms with van der Waals surface area (Å²) in [5.74, 6) is -0.109. The van der Waals surface area contributed by atoms with Gasteiger partial charge in [-0.05, 0) is 37.9 Å². The molecular weight excluding hydrogens is 348 g/mol. The molecule has 1 fully saturated rings. The summed E-state index contributed by atoms with van der Waals surface area (Å²) in [5.41, 5.74) is 2.83. The first-order chi connectivity index (χ1) is 12.0. The summed E-state index contributed by atoms with van der Waals surface area (Å²) < 4.78 is 1.92. The van der Waals surface area contributed by atoms with Gasteiger partial charge in [-0.3, -0.25) is 9.48 Å². The molecule has 1 aromatic carbocycles. The quantitative estimate of drug-likeness (QED) is 0.842. The van der Waals surface area contributed by atoms with E-state index in [-0.39, 0.29) is 23.7 Å². The van der Waals surface area contributed by atoms with Gasteiger partial charge < -0.3 is 10.6 Å². The van der Waals surface area contributed by atoms with Crippen molar-refractivity contribution in [2.24, 2.45) is 0 Å². The molecule has 0 bridgehead atoms. The molecule has 1 atom stereocenters. The molecule has 5 nitrogen and oxygen atoms in total. The highest BCUT2D eigenvalue weighted by Gasteiger charge is 2.23. The van der Waals surface area contributed by atoms with Crippen molar-refractivity contribution in [2.45, 2.75) is 45.1 Å². The van der Waals surface area contributed by atoms with Gasteiger partial charge in [-0.2, -0.15) is 5.10 Å². The van der Waals surface area contributed by atoms with Crippen molar-refractivity contribution >= 4 is 18.3 Å². The van der Waals surface area contributed by atoms with Gasteiger partial charge in [-0.15, -0.1) is 12.4 Å². The summed E-state index contributed by atoms with van der Waals surface area (Å²) in [6, 6.07) is 10.6. The summed E-state index contributed by atoms with van der Waals surface area (Å²) in [5, 5.41) is 10.9. The van der Waals surface area contributed by atoms with E-state index >= 15 is 0 Å². The minimum atomic E-state index is -0.126. The Kier molecular flexibility index (Phi) is 6.84. The zero-order chi connectivity index (χ0) is 17.9. The van der Waals surface area contributed by atoms with Crippen LogP contribution in [-0.2, 0) is 5.41 Å². The fourth-order valence-electron chi connectivity index (χ4n) is 3.22. The lowest BCUT2D eigenvalue weighted by atomic mass is 9.84. The normalized spacial score (nSPS) is 17.4. The highest BCUT2D eigenvalue weighted by Crippen LogP contribution is 2.22. The summed E-state index contributed by atoms with van der Waals surface area (Å²) in [4.78, 5) is 12.5. The molecule has 2 aromatic rings. The molecule has 2 N–H and O–H groups in total. The van der Waals surface area contributed by atoms with E-state index in [2.05, 4.69) is 60.8 Å². The van der Waals surface area contributed by atoms with E-state index in [1.54, 1.807) is 0 Å². The lowest BCUT2D eigenvalue weighted by Crippen LogP contribution is -2.37. The highest BCUT2D eigenvalue weighted by atomic mass is 35.5. The third kappa shape index (κ3) is 4.86. The zero-order valence-electron chi connectivity index (χ0n) is 15.8. The van der Waals surface area contributed by atoms with Crippen LogP contribution in [0.2, 0.25) is 0 Å². The number of aromatic nitrogens is 2. The number of hydrogen-bond acceptors (Lipinski definition) is 3. The monoisotopic (exact) mass is 376 g/mol. The van der Waals surface area contributed by atoms with Crippen LogP contribution in [-0.4, -0.2) is 35.3 Å². The molecule has 6 heteroatoms. The molecule has 1 amide bonds. The molecule has 26 heavy (non-hydrogen) atoms. The number of halogens is 1. The van der Waals surface area contributed by atoms with E-state index in [1.165, 1.54) is 11.1 Å². The van der Waals surface area contributed by atoms with E-state index in [0.29, 0.717) is 18.3 Å². The van der Waals surface area contributed by atoms with E-state index in [0.717, 1.165) is 25.9 Å². The Bertz CT molecular complexity index is 718. The number of carbonyl (C=O) groups is 1. The van der Waals surface area contributed by atoms with Crippen molar-refractivity contribution in [3.8, 4) is 0 Å². The molecule has 1 aliphatic heterocycles. The first-order valence-electron chi connectivity index (χ1n) is 9.07. The third-order valence-electron chi connectivity index (χ3n) is 5.01. The van der Waals surface area contributed by atoms with Gasteiger partial charge in [-0.1, -0.05) is 43.7 Å². The summed E-state index contributed by atoms with van der Waals surface area (Å²) >= 11 is 0. The SMILES string of the molecule is Cc1ccc(C(C)(C)CNC(=O)c2ccn(C3CCCNC3)n2)cc1.Cl. The van der Waals surface area contributed by atoms with Crippen LogP contribution in [0, 0.1) is 6.92 Å². The Balaban J connectivity index is 0.00000243. The van der Waals surface area contributed by atoms with Gasteiger partial charge in [0.2, 0.25) is 0 Å². The molecule has 1 aliphatic rings. The molecule has 3 rings (SSSR count). The maximum absolute atomic E-state index is 12.5. The average Bonchev–Trinajstić information content (AvgIpc) is 3.11. The molecule has 0 aliphatic carbocycles. The van der Waals surface area contributed by atoms with Crippen molar-refractivity contribution in [1.29, 1.82) is 0 Å². The van der Waals surface area contributed by atoms with Crippen molar-refractivity contribution in [3.63, 3.8) is 0 Å². The molecule has 0 spiro atoms.